The predicted octanol–water partition coefficient (Wildman–Crippen LogP) is 1.98. The van der Waals surface area contributed by atoms with Crippen molar-refractivity contribution in [3.05, 3.63) is 23.8 Å². The van der Waals surface area contributed by atoms with Gasteiger partial charge < -0.3 is 19.9 Å². The monoisotopic (exact) mass is 281 g/mol. The second-order valence-corrected chi connectivity index (χ2v) is 5.74. The standard InChI is InChI=1S/C15H23NO4/c1-14(2,15(3,4)18)16-13(17)10-7-11(19-5)9-12(8-10)20-6/h7-9,18H,1-6H3,(H,16,17). The highest BCUT2D eigenvalue weighted by molar-refractivity contribution is 5.95. The van der Waals surface area contributed by atoms with Gasteiger partial charge in [-0.15, -0.1) is 0 Å². The van der Waals surface area contributed by atoms with Crippen LogP contribution >= 0.6 is 0 Å². The quantitative estimate of drug-likeness (QED) is 0.866. The van der Waals surface area contributed by atoms with Gasteiger partial charge in [0.2, 0.25) is 0 Å². The molecule has 0 spiro atoms. The van der Waals surface area contributed by atoms with Gasteiger partial charge in [-0.2, -0.15) is 0 Å². The maximum Gasteiger partial charge on any atom is 0.252 e. The van der Waals surface area contributed by atoms with Gasteiger partial charge in [0.15, 0.2) is 0 Å². The zero-order valence-corrected chi connectivity index (χ0v) is 12.9. The van der Waals surface area contributed by atoms with E-state index in [1.165, 1.54) is 14.2 Å². The predicted molar refractivity (Wildman–Crippen MR) is 77.4 cm³/mol. The largest absolute Gasteiger partial charge is 0.497 e. The van der Waals surface area contributed by atoms with Crippen LogP contribution in [-0.2, 0) is 0 Å². The zero-order valence-electron chi connectivity index (χ0n) is 12.9. The van der Waals surface area contributed by atoms with Gasteiger partial charge in [0.1, 0.15) is 11.5 Å². The van der Waals surface area contributed by atoms with Crippen molar-refractivity contribution >= 4 is 5.91 Å². The molecule has 0 radical (unpaired) electrons. The van der Waals surface area contributed by atoms with Gasteiger partial charge in [0.05, 0.1) is 25.4 Å². The highest BCUT2D eigenvalue weighted by Crippen LogP contribution is 2.25. The molecule has 0 unspecified atom stereocenters. The normalized spacial score (nSPS) is 11.9. The molecule has 0 saturated heterocycles. The maximum absolute atomic E-state index is 12.3. The summed E-state index contributed by atoms with van der Waals surface area (Å²) in [7, 11) is 3.05. The van der Waals surface area contributed by atoms with E-state index >= 15 is 0 Å². The number of amides is 1. The van der Waals surface area contributed by atoms with Gasteiger partial charge in [0.25, 0.3) is 5.91 Å². The summed E-state index contributed by atoms with van der Waals surface area (Å²) < 4.78 is 10.3. The minimum atomic E-state index is -1.05. The van der Waals surface area contributed by atoms with Gasteiger partial charge in [-0.05, 0) is 39.8 Å². The molecule has 5 heteroatoms. The Kier molecular flexibility index (Phi) is 4.65. The first-order valence-corrected chi connectivity index (χ1v) is 6.38. The van der Waals surface area contributed by atoms with E-state index in [1.807, 2.05) is 0 Å². The van der Waals surface area contributed by atoms with Crippen LogP contribution in [0.3, 0.4) is 0 Å². The molecule has 112 valence electrons. The Morgan fingerprint density at radius 1 is 1.05 bits per heavy atom. The van der Waals surface area contributed by atoms with Crippen LogP contribution in [0.1, 0.15) is 38.1 Å². The average Bonchev–Trinajstić information content (AvgIpc) is 2.36. The van der Waals surface area contributed by atoms with Gasteiger partial charge in [-0.3, -0.25) is 4.79 Å². The lowest BCUT2D eigenvalue weighted by Gasteiger charge is -2.38. The molecular formula is C15H23NO4. The first-order chi connectivity index (χ1) is 9.10. The molecule has 1 aromatic rings. The van der Waals surface area contributed by atoms with E-state index in [-0.39, 0.29) is 5.91 Å². The molecule has 0 aliphatic heterocycles. The minimum absolute atomic E-state index is 0.297. The number of ether oxygens (including phenoxy) is 2. The van der Waals surface area contributed by atoms with E-state index in [4.69, 9.17) is 9.47 Å². The van der Waals surface area contributed by atoms with Crippen LogP contribution < -0.4 is 14.8 Å². The third kappa shape index (κ3) is 3.63. The lowest BCUT2D eigenvalue weighted by Crippen LogP contribution is -2.57. The molecule has 0 atom stereocenters. The van der Waals surface area contributed by atoms with Crippen LogP contribution in [0, 0.1) is 0 Å². The summed E-state index contributed by atoms with van der Waals surface area (Å²) in [4.78, 5) is 12.3. The van der Waals surface area contributed by atoms with Gasteiger partial charge >= 0.3 is 0 Å². The lowest BCUT2D eigenvalue weighted by molar-refractivity contribution is -0.00293. The second-order valence-electron chi connectivity index (χ2n) is 5.74. The van der Waals surface area contributed by atoms with Crippen molar-refractivity contribution in [3.63, 3.8) is 0 Å². The molecule has 20 heavy (non-hydrogen) atoms. The van der Waals surface area contributed by atoms with E-state index in [9.17, 15) is 9.90 Å². The summed E-state index contributed by atoms with van der Waals surface area (Å²) in [6.07, 6.45) is 0. The van der Waals surface area contributed by atoms with Crippen molar-refractivity contribution in [1.82, 2.24) is 5.32 Å². The Labute approximate surface area is 119 Å². The number of aliphatic hydroxyl groups is 1. The summed E-state index contributed by atoms with van der Waals surface area (Å²) in [5.41, 5.74) is -1.41. The minimum Gasteiger partial charge on any atom is -0.497 e. The molecule has 2 N–H and O–H groups in total. The molecule has 0 heterocycles. The van der Waals surface area contributed by atoms with Crippen molar-refractivity contribution in [1.29, 1.82) is 0 Å². The summed E-state index contributed by atoms with van der Waals surface area (Å²) in [6.45, 7) is 6.84. The van der Waals surface area contributed by atoms with E-state index < -0.39 is 11.1 Å². The Bertz CT molecular complexity index is 467. The third-order valence-corrected chi connectivity index (χ3v) is 3.57. The van der Waals surface area contributed by atoms with Crippen molar-refractivity contribution in [3.8, 4) is 11.5 Å². The van der Waals surface area contributed by atoms with Crippen molar-refractivity contribution in [2.75, 3.05) is 14.2 Å². The maximum atomic E-state index is 12.3. The van der Waals surface area contributed by atoms with Gasteiger partial charge in [-0.1, -0.05) is 0 Å². The van der Waals surface area contributed by atoms with E-state index in [0.29, 0.717) is 17.1 Å². The molecule has 0 aromatic heterocycles. The molecule has 0 aliphatic carbocycles. The van der Waals surface area contributed by atoms with Crippen LogP contribution in [0.5, 0.6) is 11.5 Å². The fraction of sp³-hybridized carbons (Fsp3) is 0.533. The summed E-state index contributed by atoms with van der Waals surface area (Å²) >= 11 is 0. The van der Waals surface area contributed by atoms with E-state index in [1.54, 1.807) is 45.9 Å². The molecule has 5 nitrogen and oxygen atoms in total. The highest BCUT2D eigenvalue weighted by atomic mass is 16.5. The Morgan fingerprint density at radius 3 is 1.85 bits per heavy atom. The Balaban J connectivity index is 3.04. The molecule has 0 aliphatic rings. The van der Waals surface area contributed by atoms with Crippen LogP contribution in [0.15, 0.2) is 18.2 Å². The number of nitrogens with one attached hydrogen (secondary N) is 1. The summed E-state index contributed by atoms with van der Waals surface area (Å²) in [5, 5.41) is 12.9. The number of hydrogen-bond donors (Lipinski definition) is 2. The number of carbonyl (C=O) groups excluding carboxylic acids is 1. The van der Waals surface area contributed by atoms with Gasteiger partial charge in [0, 0.05) is 11.6 Å². The molecule has 1 amide bonds. The SMILES string of the molecule is COc1cc(OC)cc(C(=O)NC(C)(C)C(C)(C)O)c1. The number of rotatable bonds is 5. The summed E-state index contributed by atoms with van der Waals surface area (Å²) in [6, 6.07) is 4.94. The molecule has 1 rings (SSSR count). The molecule has 1 aromatic carbocycles. The van der Waals surface area contributed by atoms with E-state index in [2.05, 4.69) is 5.32 Å². The zero-order chi connectivity index (χ0) is 15.6. The first-order valence-electron chi connectivity index (χ1n) is 6.38. The van der Waals surface area contributed by atoms with Crippen LogP contribution in [0.2, 0.25) is 0 Å². The topological polar surface area (TPSA) is 67.8 Å². The average molecular weight is 281 g/mol. The van der Waals surface area contributed by atoms with Crippen LogP contribution in [0.4, 0.5) is 0 Å². The van der Waals surface area contributed by atoms with Crippen molar-refractivity contribution in [2.24, 2.45) is 0 Å². The first kappa shape index (κ1) is 16.3. The Morgan fingerprint density at radius 2 is 1.50 bits per heavy atom. The molecule has 0 fully saturated rings. The molecular weight excluding hydrogens is 258 g/mol. The van der Waals surface area contributed by atoms with Crippen molar-refractivity contribution < 1.29 is 19.4 Å². The number of methoxy groups -OCH3 is 2. The smallest absolute Gasteiger partial charge is 0.252 e. The third-order valence-electron chi connectivity index (χ3n) is 3.57. The fourth-order valence-electron chi connectivity index (χ4n) is 1.45. The van der Waals surface area contributed by atoms with Crippen LogP contribution in [-0.4, -0.2) is 36.4 Å². The Hall–Kier alpha value is -1.75. The summed E-state index contributed by atoms with van der Waals surface area (Å²) in [5.74, 6) is 0.778. The van der Waals surface area contributed by atoms with Gasteiger partial charge in [-0.25, -0.2) is 0 Å². The highest BCUT2D eigenvalue weighted by Gasteiger charge is 2.36. The number of hydrogen-bond acceptors (Lipinski definition) is 4. The number of carbonyl (C=O) groups is 1. The molecule has 0 saturated carbocycles. The second kappa shape index (κ2) is 5.71. The van der Waals surface area contributed by atoms with Crippen molar-refractivity contribution in [2.45, 2.75) is 38.8 Å². The van der Waals surface area contributed by atoms with E-state index in [0.717, 1.165) is 0 Å². The number of benzene rings is 1. The molecule has 0 bridgehead atoms. The van der Waals surface area contributed by atoms with Crippen LogP contribution in [0.25, 0.3) is 0 Å². The lowest BCUT2D eigenvalue weighted by atomic mass is 9.85. The fourth-order valence-corrected chi connectivity index (χ4v) is 1.45.